The minimum absolute atomic E-state index is 0.335. The Morgan fingerprint density at radius 1 is 1.30 bits per heavy atom. The van der Waals surface area contributed by atoms with Crippen molar-refractivity contribution < 1.29 is 14.3 Å². The minimum atomic E-state index is -0.603. The van der Waals surface area contributed by atoms with Gasteiger partial charge in [0.25, 0.3) is 0 Å². The Labute approximate surface area is 121 Å². The zero-order chi connectivity index (χ0) is 15.1. The SMILES string of the molecule is CCOC(=O)C(C)Oc1c(C)cccc1CNC(C)C. The van der Waals surface area contributed by atoms with E-state index in [4.69, 9.17) is 9.47 Å². The predicted molar refractivity (Wildman–Crippen MR) is 79.9 cm³/mol. The van der Waals surface area contributed by atoms with Crippen LogP contribution in [0.4, 0.5) is 0 Å². The van der Waals surface area contributed by atoms with Crippen molar-refractivity contribution >= 4 is 5.97 Å². The topological polar surface area (TPSA) is 47.6 Å². The number of carbonyl (C=O) groups is 1. The van der Waals surface area contributed by atoms with Crippen molar-refractivity contribution in [1.82, 2.24) is 5.32 Å². The number of carbonyl (C=O) groups excluding carboxylic acids is 1. The van der Waals surface area contributed by atoms with Crippen LogP contribution in [0.5, 0.6) is 5.75 Å². The molecule has 0 aliphatic heterocycles. The molecule has 0 saturated heterocycles. The molecule has 0 heterocycles. The Hall–Kier alpha value is -1.55. The van der Waals surface area contributed by atoms with E-state index in [1.807, 2.05) is 25.1 Å². The minimum Gasteiger partial charge on any atom is -0.478 e. The molecule has 0 radical (unpaired) electrons. The molecule has 1 rings (SSSR count). The molecule has 20 heavy (non-hydrogen) atoms. The van der Waals surface area contributed by atoms with Gasteiger partial charge in [0.05, 0.1) is 6.61 Å². The summed E-state index contributed by atoms with van der Waals surface area (Å²) in [7, 11) is 0. The van der Waals surface area contributed by atoms with E-state index in [2.05, 4.69) is 19.2 Å². The fourth-order valence-corrected chi connectivity index (χ4v) is 1.82. The standard InChI is InChI=1S/C16H25NO3/c1-6-19-16(18)13(5)20-15-12(4)8-7-9-14(15)10-17-11(2)3/h7-9,11,13,17H,6,10H2,1-5H3. The Morgan fingerprint density at radius 3 is 2.60 bits per heavy atom. The molecule has 1 atom stereocenters. The molecule has 0 aliphatic carbocycles. The van der Waals surface area contributed by atoms with Gasteiger partial charge in [0, 0.05) is 18.2 Å². The van der Waals surface area contributed by atoms with Crippen LogP contribution in [0.15, 0.2) is 18.2 Å². The van der Waals surface area contributed by atoms with E-state index in [0.717, 1.165) is 16.9 Å². The van der Waals surface area contributed by atoms with Crippen molar-refractivity contribution in [2.45, 2.75) is 53.3 Å². The highest BCUT2D eigenvalue weighted by molar-refractivity contribution is 5.74. The van der Waals surface area contributed by atoms with Gasteiger partial charge in [-0.25, -0.2) is 4.79 Å². The summed E-state index contributed by atoms with van der Waals surface area (Å²) in [5.41, 5.74) is 2.07. The summed E-state index contributed by atoms with van der Waals surface area (Å²) in [5.74, 6) is 0.430. The number of aryl methyl sites for hydroxylation is 1. The van der Waals surface area contributed by atoms with Crippen molar-refractivity contribution in [1.29, 1.82) is 0 Å². The van der Waals surface area contributed by atoms with E-state index in [0.29, 0.717) is 19.2 Å². The maximum Gasteiger partial charge on any atom is 0.347 e. The number of ether oxygens (including phenoxy) is 2. The number of esters is 1. The van der Waals surface area contributed by atoms with Crippen LogP contribution in [0.3, 0.4) is 0 Å². The molecule has 112 valence electrons. The Morgan fingerprint density at radius 2 is 2.00 bits per heavy atom. The van der Waals surface area contributed by atoms with E-state index in [-0.39, 0.29) is 5.97 Å². The lowest BCUT2D eigenvalue weighted by atomic mass is 10.1. The smallest absolute Gasteiger partial charge is 0.347 e. The lowest BCUT2D eigenvalue weighted by Crippen LogP contribution is -2.28. The molecule has 0 bridgehead atoms. The first-order chi connectivity index (χ1) is 9.45. The second-order valence-corrected chi connectivity index (χ2v) is 5.11. The Kier molecular flexibility index (Phi) is 6.52. The van der Waals surface area contributed by atoms with E-state index in [1.165, 1.54) is 0 Å². The van der Waals surface area contributed by atoms with E-state index in [1.54, 1.807) is 13.8 Å². The van der Waals surface area contributed by atoms with Gasteiger partial charge in [0.15, 0.2) is 6.10 Å². The maximum absolute atomic E-state index is 11.7. The summed E-state index contributed by atoms with van der Waals surface area (Å²) in [6, 6.07) is 6.38. The fraction of sp³-hybridized carbons (Fsp3) is 0.562. The largest absolute Gasteiger partial charge is 0.478 e. The van der Waals surface area contributed by atoms with Crippen LogP contribution in [0, 0.1) is 6.92 Å². The Bertz CT molecular complexity index is 443. The lowest BCUT2D eigenvalue weighted by Gasteiger charge is -2.19. The highest BCUT2D eigenvalue weighted by atomic mass is 16.6. The fourth-order valence-electron chi connectivity index (χ4n) is 1.82. The van der Waals surface area contributed by atoms with Gasteiger partial charge >= 0.3 is 5.97 Å². The van der Waals surface area contributed by atoms with Crippen molar-refractivity contribution in [2.24, 2.45) is 0 Å². The summed E-state index contributed by atoms with van der Waals surface area (Å²) < 4.78 is 10.8. The molecule has 0 spiro atoms. The van der Waals surface area contributed by atoms with Gasteiger partial charge in [0.1, 0.15) is 5.75 Å². The average Bonchev–Trinajstić information content (AvgIpc) is 2.39. The molecular formula is C16H25NO3. The molecule has 1 unspecified atom stereocenters. The third kappa shape index (κ3) is 4.85. The number of hydrogen-bond donors (Lipinski definition) is 1. The van der Waals surface area contributed by atoms with Gasteiger partial charge in [-0.1, -0.05) is 32.0 Å². The van der Waals surface area contributed by atoms with Gasteiger partial charge in [0.2, 0.25) is 0 Å². The summed E-state index contributed by atoms with van der Waals surface area (Å²) >= 11 is 0. The molecule has 0 amide bonds. The normalized spacial score (nSPS) is 12.3. The highest BCUT2D eigenvalue weighted by Gasteiger charge is 2.18. The molecule has 0 fully saturated rings. The van der Waals surface area contributed by atoms with Crippen molar-refractivity contribution in [3.63, 3.8) is 0 Å². The van der Waals surface area contributed by atoms with Gasteiger partial charge < -0.3 is 14.8 Å². The molecular weight excluding hydrogens is 254 g/mol. The van der Waals surface area contributed by atoms with Gasteiger partial charge in [-0.2, -0.15) is 0 Å². The predicted octanol–water partition coefficient (Wildman–Crippen LogP) is 2.82. The van der Waals surface area contributed by atoms with Crippen LogP contribution in [-0.4, -0.2) is 24.7 Å². The second-order valence-electron chi connectivity index (χ2n) is 5.11. The van der Waals surface area contributed by atoms with Crippen LogP contribution < -0.4 is 10.1 Å². The van der Waals surface area contributed by atoms with Crippen molar-refractivity contribution in [3.05, 3.63) is 29.3 Å². The van der Waals surface area contributed by atoms with Crippen LogP contribution in [0.2, 0.25) is 0 Å². The first kappa shape index (κ1) is 16.5. The highest BCUT2D eigenvalue weighted by Crippen LogP contribution is 2.25. The van der Waals surface area contributed by atoms with Gasteiger partial charge in [-0.3, -0.25) is 0 Å². The number of benzene rings is 1. The number of nitrogens with one attached hydrogen (secondary N) is 1. The second kappa shape index (κ2) is 7.90. The summed E-state index contributed by atoms with van der Waals surface area (Å²) in [5, 5.41) is 3.36. The molecule has 1 N–H and O–H groups in total. The van der Waals surface area contributed by atoms with Crippen molar-refractivity contribution in [2.75, 3.05) is 6.61 Å². The number of hydrogen-bond acceptors (Lipinski definition) is 4. The molecule has 4 nitrogen and oxygen atoms in total. The van der Waals surface area contributed by atoms with E-state index < -0.39 is 6.10 Å². The molecule has 4 heteroatoms. The third-order valence-electron chi connectivity index (χ3n) is 2.91. The Balaban J connectivity index is 2.84. The third-order valence-corrected chi connectivity index (χ3v) is 2.91. The number of para-hydroxylation sites is 1. The van der Waals surface area contributed by atoms with Crippen LogP contribution in [0.1, 0.15) is 38.8 Å². The van der Waals surface area contributed by atoms with Crippen LogP contribution in [-0.2, 0) is 16.1 Å². The van der Waals surface area contributed by atoms with Crippen LogP contribution in [0.25, 0.3) is 0 Å². The molecule has 0 aliphatic rings. The monoisotopic (exact) mass is 279 g/mol. The number of rotatable bonds is 7. The molecule has 1 aromatic carbocycles. The van der Waals surface area contributed by atoms with Gasteiger partial charge in [-0.05, 0) is 26.3 Å². The zero-order valence-corrected chi connectivity index (χ0v) is 13.0. The van der Waals surface area contributed by atoms with E-state index >= 15 is 0 Å². The maximum atomic E-state index is 11.7. The van der Waals surface area contributed by atoms with Crippen LogP contribution >= 0.6 is 0 Å². The summed E-state index contributed by atoms with van der Waals surface area (Å²) in [4.78, 5) is 11.7. The quantitative estimate of drug-likeness (QED) is 0.780. The summed E-state index contributed by atoms with van der Waals surface area (Å²) in [6.07, 6.45) is -0.603. The van der Waals surface area contributed by atoms with E-state index in [9.17, 15) is 4.79 Å². The summed E-state index contributed by atoms with van der Waals surface area (Å²) in [6.45, 7) is 10.7. The molecule has 0 saturated carbocycles. The van der Waals surface area contributed by atoms with Crippen molar-refractivity contribution in [3.8, 4) is 5.75 Å². The molecule has 1 aromatic rings. The first-order valence-corrected chi connectivity index (χ1v) is 7.10. The lowest BCUT2D eigenvalue weighted by molar-refractivity contribution is -0.150. The van der Waals surface area contributed by atoms with Gasteiger partial charge in [-0.15, -0.1) is 0 Å². The molecule has 0 aromatic heterocycles. The zero-order valence-electron chi connectivity index (χ0n) is 13.0. The first-order valence-electron chi connectivity index (χ1n) is 7.10. The average molecular weight is 279 g/mol.